The lowest BCUT2D eigenvalue weighted by molar-refractivity contribution is 0.0794. The highest BCUT2D eigenvalue weighted by Crippen LogP contribution is 2.23. The maximum absolute atomic E-state index is 12.8. The fraction of sp³-hybridized carbons (Fsp3) is 0.182. The number of carbonyl (C=O) groups excluding carboxylic acids is 2. The van der Waals surface area contributed by atoms with Crippen molar-refractivity contribution in [3.63, 3.8) is 0 Å². The van der Waals surface area contributed by atoms with Crippen molar-refractivity contribution in [3.05, 3.63) is 77.2 Å². The molecule has 7 nitrogen and oxygen atoms in total. The number of hydrogen-bond acceptors (Lipinski definition) is 5. The molecule has 160 valence electrons. The fourth-order valence-electron chi connectivity index (χ4n) is 3.38. The molecule has 31 heavy (non-hydrogen) atoms. The minimum absolute atomic E-state index is 0.0910. The maximum atomic E-state index is 12.8. The van der Waals surface area contributed by atoms with E-state index < -0.39 is 10.0 Å². The number of amides is 2. The first-order valence-corrected chi connectivity index (χ1v) is 12.2. The van der Waals surface area contributed by atoms with Crippen LogP contribution < -0.4 is 10.0 Å². The summed E-state index contributed by atoms with van der Waals surface area (Å²) in [5.41, 5.74) is 1.61. The molecule has 0 unspecified atom stereocenters. The molecule has 2 heterocycles. The number of nitrogens with one attached hydrogen (secondary N) is 2. The normalized spacial score (nSPS) is 13.7. The van der Waals surface area contributed by atoms with Gasteiger partial charge in [0.25, 0.3) is 21.8 Å². The van der Waals surface area contributed by atoms with E-state index in [0.29, 0.717) is 22.5 Å². The van der Waals surface area contributed by atoms with Crippen LogP contribution in [0.3, 0.4) is 0 Å². The third-order valence-corrected chi connectivity index (χ3v) is 7.74. The lowest BCUT2D eigenvalue weighted by Crippen LogP contribution is -2.28. The molecule has 1 aromatic heterocycles. The molecule has 0 atom stereocenters. The van der Waals surface area contributed by atoms with Crippen molar-refractivity contribution < 1.29 is 18.0 Å². The standard InChI is InChI=1S/C22H21N3O4S2/c26-21(23-19-7-2-1-6-18(19)22(27)25-13-3-4-14-25)16-9-11-17(12-10-16)24-31(28,29)20-8-5-15-30-20/h1-2,5-12,15,24H,3-4,13-14H2,(H,23,26). The van der Waals surface area contributed by atoms with E-state index >= 15 is 0 Å². The van der Waals surface area contributed by atoms with Crippen LogP contribution >= 0.6 is 11.3 Å². The van der Waals surface area contributed by atoms with Gasteiger partial charge in [0.05, 0.1) is 11.3 Å². The minimum Gasteiger partial charge on any atom is -0.339 e. The van der Waals surface area contributed by atoms with E-state index in [1.807, 2.05) is 0 Å². The van der Waals surface area contributed by atoms with Crippen LogP contribution in [0.25, 0.3) is 0 Å². The first-order valence-electron chi connectivity index (χ1n) is 9.80. The fourth-order valence-corrected chi connectivity index (χ4v) is 5.43. The Bertz CT molecular complexity index is 1180. The molecular weight excluding hydrogens is 434 g/mol. The van der Waals surface area contributed by atoms with Crippen LogP contribution in [-0.4, -0.2) is 38.2 Å². The Labute approximate surface area is 184 Å². The molecule has 0 radical (unpaired) electrons. The molecular formula is C22H21N3O4S2. The molecule has 3 aromatic rings. The van der Waals surface area contributed by atoms with Gasteiger partial charge >= 0.3 is 0 Å². The number of rotatable bonds is 6. The van der Waals surface area contributed by atoms with E-state index in [-0.39, 0.29) is 16.0 Å². The molecule has 9 heteroatoms. The van der Waals surface area contributed by atoms with Gasteiger partial charge in [-0.1, -0.05) is 18.2 Å². The van der Waals surface area contributed by atoms with Gasteiger partial charge < -0.3 is 10.2 Å². The zero-order valence-electron chi connectivity index (χ0n) is 16.6. The number of anilines is 2. The smallest absolute Gasteiger partial charge is 0.271 e. The largest absolute Gasteiger partial charge is 0.339 e. The van der Waals surface area contributed by atoms with E-state index in [9.17, 15) is 18.0 Å². The van der Waals surface area contributed by atoms with Crippen molar-refractivity contribution >= 4 is 44.5 Å². The molecule has 1 aliphatic heterocycles. The van der Waals surface area contributed by atoms with E-state index in [4.69, 9.17) is 0 Å². The lowest BCUT2D eigenvalue weighted by Gasteiger charge is -2.18. The van der Waals surface area contributed by atoms with Crippen LogP contribution in [0.1, 0.15) is 33.6 Å². The summed E-state index contributed by atoms with van der Waals surface area (Å²) in [4.78, 5) is 27.3. The van der Waals surface area contributed by atoms with Gasteiger partial charge in [0.2, 0.25) is 0 Å². The summed E-state index contributed by atoms with van der Waals surface area (Å²) in [5, 5.41) is 4.49. The average molecular weight is 456 g/mol. The Hall–Kier alpha value is -3.17. The Kier molecular flexibility index (Phi) is 6.06. The first kappa shape index (κ1) is 21.1. The van der Waals surface area contributed by atoms with Crippen molar-refractivity contribution in [2.24, 2.45) is 0 Å². The number of thiophene rings is 1. The van der Waals surface area contributed by atoms with E-state index in [1.165, 1.54) is 30.3 Å². The van der Waals surface area contributed by atoms with Gasteiger partial charge in [0.1, 0.15) is 4.21 Å². The molecule has 1 saturated heterocycles. The Morgan fingerprint density at radius 1 is 0.903 bits per heavy atom. The van der Waals surface area contributed by atoms with Crippen molar-refractivity contribution in [1.82, 2.24) is 4.90 Å². The van der Waals surface area contributed by atoms with E-state index in [2.05, 4.69) is 10.0 Å². The van der Waals surface area contributed by atoms with Gasteiger partial charge in [-0.2, -0.15) is 0 Å². The van der Waals surface area contributed by atoms with Gasteiger partial charge in [-0.15, -0.1) is 11.3 Å². The van der Waals surface area contributed by atoms with Gasteiger partial charge in [-0.05, 0) is 60.7 Å². The predicted molar refractivity (Wildman–Crippen MR) is 121 cm³/mol. The maximum Gasteiger partial charge on any atom is 0.271 e. The predicted octanol–water partition coefficient (Wildman–Crippen LogP) is 4.04. The molecule has 2 amide bonds. The van der Waals surface area contributed by atoms with Crippen molar-refractivity contribution in [1.29, 1.82) is 0 Å². The summed E-state index contributed by atoms with van der Waals surface area (Å²) in [6.45, 7) is 1.45. The van der Waals surface area contributed by atoms with Gasteiger partial charge in [-0.25, -0.2) is 8.42 Å². The van der Waals surface area contributed by atoms with Gasteiger partial charge in [0, 0.05) is 24.3 Å². The summed E-state index contributed by atoms with van der Waals surface area (Å²) in [7, 11) is -3.65. The summed E-state index contributed by atoms with van der Waals surface area (Å²) in [6, 6.07) is 16.3. The number of carbonyl (C=O) groups is 2. The molecule has 2 N–H and O–H groups in total. The highest BCUT2D eigenvalue weighted by atomic mass is 32.2. The van der Waals surface area contributed by atoms with Crippen molar-refractivity contribution in [2.75, 3.05) is 23.1 Å². The average Bonchev–Trinajstić information content (AvgIpc) is 3.48. The Balaban J connectivity index is 1.47. The Morgan fingerprint density at radius 3 is 2.29 bits per heavy atom. The number of benzene rings is 2. The van der Waals surface area contributed by atoms with Crippen LogP contribution in [-0.2, 0) is 10.0 Å². The second-order valence-electron chi connectivity index (χ2n) is 7.11. The van der Waals surface area contributed by atoms with Crippen LogP contribution in [0, 0.1) is 0 Å². The molecule has 0 aliphatic carbocycles. The third-order valence-electron chi connectivity index (χ3n) is 4.96. The summed E-state index contributed by atoms with van der Waals surface area (Å²) in [6.07, 6.45) is 1.98. The van der Waals surface area contributed by atoms with Gasteiger partial charge in [-0.3, -0.25) is 14.3 Å². The molecule has 1 fully saturated rings. The number of hydrogen-bond donors (Lipinski definition) is 2. The van der Waals surface area contributed by atoms with Crippen LogP contribution in [0.4, 0.5) is 11.4 Å². The minimum atomic E-state index is -3.65. The third kappa shape index (κ3) is 4.78. The number of likely N-dealkylation sites (tertiary alicyclic amines) is 1. The SMILES string of the molecule is O=C(Nc1ccccc1C(=O)N1CCCC1)c1ccc(NS(=O)(=O)c2cccs2)cc1. The highest BCUT2D eigenvalue weighted by Gasteiger charge is 2.22. The topological polar surface area (TPSA) is 95.6 Å². The summed E-state index contributed by atoms with van der Waals surface area (Å²) in [5.74, 6) is -0.471. The number of nitrogens with zero attached hydrogens (tertiary/aromatic N) is 1. The van der Waals surface area contributed by atoms with Crippen molar-refractivity contribution in [2.45, 2.75) is 17.1 Å². The van der Waals surface area contributed by atoms with E-state index in [1.54, 1.807) is 40.6 Å². The zero-order chi connectivity index (χ0) is 21.8. The van der Waals surface area contributed by atoms with Crippen LogP contribution in [0.15, 0.2) is 70.3 Å². The molecule has 0 spiro atoms. The van der Waals surface area contributed by atoms with Crippen molar-refractivity contribution in [3.8, 4) is 0 Å². The van der Waals surface area contributed by atoms with Crippen LogP contribution in [0.5, 0.6) is 0 Å². The second kappa shape index (κ2) is 8.91. The lowest BCUT2D eigenvalue weighted by atomic mass is 10.1. The molecule has 0 saturated carbocycles. The quantitative estimate of drug-likeness (QED) is 0.586. The summed E-state index contributed by atoms with van der Waals surface area (Å²) >= 11 is 1.13. The number of para-hydroxylation sites is 1. The number of sulfonamides is 1. The monoisotopic (exact) mass is 455 g/mol. The molecule has 1 aliphatic rings. The molecule has 2 aromatic carbocycles. The summed E-state index contributed by atoms with van der Waals surface area (Å²) < 4.78 is 27.3. The molecule has 4 rings (SSSR count). The zero-order valence-corrected chi connectivity index (χ0v) is 18.2. The second-order valence-corrected chi connectivity index (χ2v) is 9.97. The highest BCUT2D eigenvalue weighted by molar-refractivity contribution is 7.94. The first-order chi connectivity index (χ1) is 14.9. The van der Waals surface area contributed by atoms with Crippen LogP contribution in [0.2, 0.25) is 0 Å². The Morgan fingerprint density at radius 2 is 1.61 bits per heavy atom. The molecule has 0 bridgehead atoms. The van der Waals surface area contributed by atoms with Gasteiger partial charge in [0.15, 0.2) is 0 Å². The van der Waals surface area contributed by atoms with E-state index in [0.717, 1.165) is 37.3 Å².